The van der Waals surface area contributed by atoms with Gasteiger partial charge in [-0.25, -0.2) is 0 Å². The van der Waals surface area contributed by atoms with E-state index in [-0.39, 0.29) is 23.2 Å². The standard InChI is InChI=1S/C11H9F3O3/c1-6(16)10-7(5-15)3-8(11(12,13)14)4-9(10)17-2/h3-5H,1-2H3. The molecule has 0 unspecified atom stereocenters. The van der Waals surface area contributed by atoms with E-state index in [0.29, 0.717) is 12.1 Å². The quantitative estimate of drug-likeness (QED) is 0.608. The number of rotatable bonds is 3. The maximum absolute atomic E-state index is 12.5. The molecule has 0 bridgehead atoms. The number of methoxy groups -OCH3 is 1. The molecule has 0 fully saturated rings. The maximum atomic E-state index is 12.5. The highest BCUT2D eigenvalue weighted by Crippen LogP contribution is 2.34. The Balaban J connectivity index is 3.56. The minimum atomic E-state index is -4.60. The summed E-state index contributed by atoms with van der Waals surface area (Å²) in [6.45, 7) is 1.15. The Morgan fingerprint density at radius 2 is 1.94 bits per heavy atom. The monoisotopic (exact) mass is 246 g/mol. The summed E-state index contributed by atoms with van der Waals surface area (Å²) < 4.78 is 42.2. The summed E-state index contributed by atoms with van der Waals surface area (Å²) in [4.78, 5) is 21.9. The zero-order valence-electron chi connectivity index (χ0n) is 9.09. The molecule has 0 spiro atoms. The predicted octanol–water partition coefficient (Wildman–Crippen LogP) is 2.73. The van der Waals surface area contributed by atoms with Gasteiger partial charge in [0.2, 0.25) is 0 Å². The summed E-state index contributed by atoms with van der Waals surface area (Å²) >= 11 is 0. The van der Waals surface area contributed by atoms with Crippen molar-refractivity contribution in [1.29, 1.82) is 0 Å². The van der Waals surface area contributed by atoms with Crippen molar-refractivity contribution in [2.45, 2.75) is 13.1 Å². The van der Waals surface area contributed by atoms with Crippen molar-refractivity contribution >= 4 is 12.1 Å². The van der Waals surface area contributed by atoms with Crippen LogP contribution in [0.4, 0.5) is 13.2 Å². The average molecular weight is 246 g/mol. The lowest BCUT2D eigenvalue weighted by Gasteiger charge is -2.13. The third kappa shape index (κ3) is 2.64. The summed E-state index contributed by atoms with van der Waals surface area (Å²) in [6, 6.07) is 1.33. The molecule has 0 aliphatic rings. The molecule has 0 saturated heterocycles. The van der Waals surface area contributed by atoms with Crippen molar-refractivity contribution < 1.29 is 27.5 Å². The van der Waals surface area contributed by atoms with Crippen LogP contribution < -0.4 is 4.74 Å². The molecule has 0 amide bonds. The van der Waals surface area contributed by atoms with E-state index < -0.39 is 17.5 Å². The Morgan fingerprint density at radius 3 is 2.29 bits per heavy atom. The van der Waals surface area contributed by atoms with E-state index in [1.165, 1.54) is 0 Å². The van der Waals surface area contributed by atoms with Crippen LogP contribution in [0.25, 0.3) is 0 Å². The highest BCUT2D eigenvalue weighted by Gasteiger charge is 2.33. The first-order valence-corrected chi connectivity index (χ1v) is 4.56. The molecule has 92 valence electrons. The van der Waals surface area contributed by atoms with E-state index in [9.17, 15) is 22.8 Å². The lowest BCUT2D eigenvalue weighted by Crippen LogP contribution is -2.10. The summed E-state index contributed by atoms with van der Waals surface area (Å²) in [5, 5.41) is 0. The molecule has 0 aliphatic heterocycles. The van der Waals surface area contributed by atoms with Gasteiger partial charge < -0.3 is 4.74 Å². The van der Waals surface area contributed by atoms with Crippen LogP contribution in [0, 0.1) is 0 Å². The summed E-state index contributed by atoms with van der Waals surface area (Å²) in [5.41, 5.74) is -1.50. The van der Waals surface area contributed by atoms with Crippen molar-refractivity contribution in [2.75, 3.05) is 7.11 Å². The Hall–Kier alpha value is -1.85. The van der Waals surface area contributed by atoms with Gasteiger partial charge in [-0.1, -0.05) is 0 Å². The van der Waals surface area contributed by atoms with Gasteiger partial charge in [0.25, 0.3) is 0 Å². The van der Waals surface area contributed by atoms with Gasteiger partial charge in [0, 0.05) is 5.56 Å². The molecule has 0 saturated carbocycles. The third-order valence-corrected chi connectivity index (χ3v) is 2.16. The molecule has 0 N–H and O–H groups in total. The van der Waals surface area contributed by atoms with E-state index >= 15 is 0 Å². The average Bonchev–Trinajstić information content (AvgIpc) is 2.25. The molecule has 0 heterocycles. The molecule has 1 rings (SSSR count). The molecular formula is C11H9F3O3. The van der Waals surface area contributed by atoms with Gasteiger partial charge in [0.15, 0.2) is 12.1 Å². The summed E-state index contributed by atoms with van der Waals surface area (Å²) in [7, 11) is 1.14. The Bertz CT molecular complexity index is 464. The SMILES string of the molecule is COc1cc(C(F)(F)F)cc(C=O)c1C(C)=O. The highest BCUT2D eigenvalue weighted by atomic mass is 19.4. The van der Waals surface area contributed by atoms with Gasteiger partial charge in [-0.3, -0.25) is 9.59 Å². The number of benzene rings is 1. The number of hydrogen-bond donors (Lipinski definition) is 0. The number of carbonyl (C=O) groups is 2. The number of hydrogen-bond acceptors (Lipinski definition) is 3. The number of ketones is 1. The molecule has 6 heteroatoms. The van der Waals surface area contributed by atoms with Crippen LogP contribution in [-0.4, -0.2) is 19.2 Å². The van der Waals surface area contributed by atoms with Gasteiger partial charge in [0.05, 0.1) is 18.2 Å². The van der Waals surface area contributed by atoms with Crippen LogP contribution in [0.1, 0.15) is 33.2 Å². The summed E-state index contributed by atoms with van der Waals surface area (Å²) in [6.07, 6.45) is -4.39. The zero-order valence-corrected chi connectivity index (χ0v) is 9.09. The Morgan fingerprint density at radius 1 is 1.35 bits per heavy atom. The van der Waals surface area contributed by atoms with Gasteiger partial charge in [-0.15, -0.1) is 0 Å². The van der Waals surface area contributed by atoms with Gasteiger partial charge in [-0.05, 0) is 19.1 Å². The van der Waals surface area contributed by atoms with Crippen molar-refractivity contribution in [3.8, 4) is 5.75 Å². The first kappa shape index (κ1) is 13.2. The molecule has 17 heavy (non-hydrogen) atoms. The Labute approximate surface area is 95.2 Å². The van der Waals surface area contributed by atoms with Crippen LogP contribution in [0.5, 0.6) is 5.75 Å². The molecule has 0 atom stereocenters. The van der Waals surface area contributed by atoms with Crippen molar-refractivity contribution in [3.05, 3.63) is 28.8 Å². The molecule has 1 aromatic rings. The molecular weight excluding hydrogens is 237 g/mol. The largest absolute Gasteiger partial charge is 0.496 e. The molecule has 3 nitrogen and oxygen atoms in total. The van der Waals surface area contributed by atoms with E-state index in [2.05, 4.69) is 0 Å². The van der Waals surface area contributed by atoms with Gasteiger partial charge in [0.1, 0.15) is 5.75 Å². The Kier molecular flexibility index (Phi) is 3.55. The molecule has 0 aliphatic carbocycles. The number of aldehydes is 1. The van der Waals surface area contributed by atoms with Crippen LogP contribution in [-0.2, 0) is 6.18 Å². The molecule has 0 radical (unpaired) electrons. The lowest BCUT2D eigenvalue weighted by molar-refractivity contribution is -0.137. The van der Waals surface area contributed by atoms with Crippen LogP contribution in [0.3, 0.4) is 0 Å². The number of carbonyl (C=O) groups excluding carboxylic acids is 2. The number of Topliss-reactive ketones (excluding diaryl/α,β-unsaturated/α-hetero) is 1. The molecule has 1 aromatic carbocycles. The minimum absolute atomic E-state index is 0.143. The second kappa shape index (κ2) is 4.57. The predicted molar refractivity (Wildman–Crippen MR) is 53.4 cm³/mol. The topological polar surface area (TPSA) is 43.4 Å². The smallest absolute Gasteiger partial charge is 0.416 e. The zero-order chi connectivity index (χ0) is 13.2. The number of alkyl halides is 3. The molecule has 0 aromatic heterocycles. The highest BCUT2D eigenvalue weighted by molar-refractivity contribution is 6.04. The van der Waals surface area contributed by atoms with E-state index in [1.807, 2.05) is 0 Å². The second-order valence-corrected chi connectivity index (χ2v) is 3.31. The van der Waals surface area contributed by atoms with Crippen LogP contribution in [0.2, 0.25) is 0 Å². The minimum Gasteiger partial charge on any atom is -0.496 e. The number of ether oxygens (including phenoxy) is 1. The number of halogens is 3. The van der Waals surface area contributed by atoms with E-state index in [0.717, 1.165) is 14.0 Å². The first-order chi connectivity index (χ1) is 7.81. The second-order valence-electron chi connectivity index (χ2n) is 3.31. The van der Waals surface area contributed by atoms with Crippen LogP contribution >= 0.6 is 0 Å². The lowest BCUT2D eigenvalue weighted by atomic mass is 10.0. The van der Waals surface area contributed by atoms with Gasteiger partial charge in [-0.2, -0.15) is 13.2 Å². The van der Waals surface area contributed by atoms with Crippen LogP contribution in [0.15, 0.2) is 12.1 Å². The van der Waals surface area contributed by atoms with Crippen molar-refractivity contribution in [3.63, 3.8) is 0 Å². The summed E-state index contributed by atoms with van der Waals surface area (Å²) in [5.74, 6) is -0.785. The first-order valence-electron chi connectivity index (χ1n) is 4.56. The maximum Gasteiger partial charge on any atom is 0.416 e. The van der Waals surface area contributed by atoms with E-state index in [4.69, 9.17) is 4.74 Å². The van der Waals surface area contributed by atoms with Gasteiger partial charge >= 0.3 is 6.18 Å². The van der Waals surface area contributed by atoms with Crippen molar-refractivity contribution in [2.24, 2.45) is 0 Å². The fourth-order valence-electron chi connectivity index (χ4n) is 1.43. The van der Waals surface area contributed by atoms with Crippen molar-refractivity contribution in [1.82, 2.24) is 0 Å². The van der Waals surface area contributed by atoms with E-state index in [1.54, 1.807) is 0 Å². The fraction of sp³-hybridized carbons (Fsp3) is 0.273. The normalized spacial score (nSPS) is 11.1. The fourth-order valence-corrected chi connectivity index (χ4v) is 1.43. The third-order valence-electron chi connectivity index (χ3n) is 2.16.